The molecule has 0 aliphatic heterocycles. The number of carbonyl (C=O) groups is 2. The molecule has 1 aromatic carbocycles. The zero-order chi connectivity index (χ0) is 11.3. The topological polar surface area (TPSA) is 34.1 Å². The second-order valence-corrected chi connectivity index (χ2v) is 4.96. The summed E-state index contributed by atoms with van der Waals surface area (Å²) in [6.07, 6.45) is 2.60. The molecule has 82 valence electrons. The van der Waals surface area contributed by atoms with Crippen LogP contribution in [0.2, 0.25) is 0 Å². The average Bonchev–Trinajstić information content (AvgIpc) is 3.05. The molecule has 1 fully saturated rings. The third-order valence-corrected chi connectivity index (χ3v) is 3.59. The zero-order valence-electron chi connectivity index (χ0n) is 9.32. The van der Waals surface area contributed by atoms with Gasteiger partial charge in [-0.15, -0.1) is 0 Å². The van der Waals surface area contributed by atoms with Crippen LogP contribution in [0.3, 0.4) is 0 Å². The van der Waals surface area contributed by atoms with Crippen molar-refractivity contribution in [2.45, 2.75) is 26.2 Å². The van der Waals surface area contributed by atoms with Crippen LogP contribution in [-0.2, 0) is 11.2 Å². The fourth-order valence-corrected chi connectivity index (χ4v) is 2.48. The monoisotopic (exact) mass is 214 g/mol. The predicted octanol–water partition coefficient (Wildman–Crippen LogP) is 2.33. The SMILES string of the molecule is Cc1ccc2c(c1)C(=O)C(C(=O)C1CC1)C2. The molecular weight excluding hydrogens is 200 g/mol. The van der Waals surface area contributed by atoms with Gasteiger partial charge >= 0.3 is 0 Å². The minimum Gasteiger partial charge on any atom is -0.299 e. The molecule has 1 atom stereocenters. The van der Waals surface area contributed by atoms with Crippen LogP contribution in [0.5, 0.6) is 0 Å². The summed E-state index contributed by atoms with van der Waals surface area (Å²) in [6, 6.07) is 5.91. The first-order valence-corrected chi connectivity index (χ1v) is 5.84. The number of fused-ring (bicyclic) bond motifs is 1. The minimum absolute atomic E-state index is 0.0515. The Balaban J connectivity index is 1.94. The van der Waals surface area contributed by atoms with Gasteiger partial charge in [-0.3, -0.25) is 9.59 Å². The molecule has 0 heterocycles. The lowest BCUT2D eigenvalue weighted by Crippen LogP contribution is -2.22. The van der Waals surface area contributed by atoms with Crippen LogP contribution >= 0.6 is 0 Å². The van der Waals surface area contributed by atoms with Crippen LogP contribution in [0.1, 0.15) is 34.3 Å². The van der Waals surface area contributed by atoms with Crippen molar-refractivity contribution in [3.8, 4) is 0 Å². The van der Waals surface area contributed by atoms with Gasteiger partial charge in [0.1, 0.15) is 5.78 Å². The lowest BCUT2D eigenvalue weighted by Gasteiger charge is -2.04. The minimum atomic E-state index is -0.371. The number of ketones is 2. The summed E-state index contributed by atoms with van der Waals surface area (Å²) < 4.78 is 0. The molecule has 2 nitrogen and oxygen atoms in total. The Hall–Kier alpha value is -1.44. The third kappa shape index (κ3) is 1.41. The quantitative estimate of drug-likeness (QED) is 0.708. The maximum atomic E-state index is 12.1. The predicted molar refractivity (Wildman–Crippen MR) is 60.4 cm³/mol. The Labute approximate surface area is 94.7 Å². The second-order valence-electron chi connectivity index (χ2n) is 4.96. The van der Waals surface area contributed by atoms with Gasteiger partial charge in [-0.1, -0.05) is 17.7 Å². The fraction of sp³-hybridized carbons (Fsp3) is 0.429. The molecule has 2 heteroatoms. The van der Waals surface area contributed by atoms with Gasteiger partial charge in [0.2, 0.25) is 0 Å². The zero-order valence-corrected chi connectivity index (χ0v) is 9.32. The molecular formula is C14H14O2. The summed E-state index contributed by atoms with van der Waals surface area (Å²) in [4.78, 5) is 24.1. The van der Waals surface area contributed by atoms with Gasteiger partial charge in [0.05, 0.1) is 5.92 Å². The van der Waals surface area contributed by atoms with Crippen LogP contribution in [0.15, 0.2) is 18.2 Å². The summed E-state index contributed by atoms with van der Waals surface area (Å²) in [5.74, 6) is 0.0445. The van der Waals surface area contributed by atoms with E-state index in [1.165, 1.54) is 0 Å². The van der Waals surface area contributed by atoms with E-state index < -0.39 is 0 Å². The Bertz CT molecular complexity index is 484. The van der Waals surface area contributed by atoms with Crippen molar-refractivity contribution in [3.63, 3.8) is 0 Å². The standard InChI is InChI=1S/C14H14O2/c1-8-2-3-10-7-12(13(15)9-4-5-9)14(16)11(10)6-8/h2-3,6,9,12H,4-5,7H2,1H3. The van der Waals surface area contributed by atoms with E-state index in [1.54, 1.807) is 0 Å². The van der Waals surface area contributed by atoms with E-state index in [0.29, 0.717) is 6.42 Å². The average molecular weight is 214 g/mol. The van der Waals surface area contributed by atoms with Crippen molar-refractivity contribution >= 4 is 11.6 Å². The highest BCUT2D eigenvalue weighted by atomic mass is 16.2. The number of aryl methyl sites for hydroxylation is 1. The molecule has 0 radical (unpaired) electrons. The summed E-state index contributed by atoms with van der Waals surface area (Å²) in [7, 11) is 0. The number of Topliss-reactive ketones (excluding diaryl/α,β-unsaturated/α-hetero) is 2. The van der Waals surface area contributed by atoms with Gasteiger partial charge in [0.15, 0.2) is 5.78 Å². The second kappa shape index (κ2) is 3.27. The summed E-state index contributed by atoms with van der Waals surface area (Å²) >= 11 is 0. The van der Waals surface area contributed by atoms with E-state index in [-0.39, 0.29) is 23.4 Å². The highest BCUT2D eigenvalue weighted by molar-refractivity contribution is 6.15. The molecule has 3 rings (SSSR count). The number of benzene rings is 1. The lowest BCUT2D eigenvalue weighted by atomic mass is 9.96. The van der Waals surface area contributed by atoms with Gasteiger partial charge in [-0.05, 0) is 37.8 Å². The van der Waals surface area contributed by atoms with Gasteiger partial charge in [-0.2, -0.15) is 0 Å². The highest BCUT2D eigenvalue weighted by Gasteiger charge is 2.42. The highest BCUT2D eigenvalue weighted by Crippen LogP contribution is 2.37. The van der Waals surface area contributed by atoms with E-state index in [1.807, 2.05) is 25.1 Å². The smallest absolute Gasteiger partial charge is 0.173 e. The van der Waals surface area contributed by atoms with Crippen molar-refractivity contribution in [1.29, 1.82) is 0 Å². The van der Waals surface area contributed by atoms with Crippen molar-refractivity contribution in [2.75, 3.05) is 0 Å². The number of hydrogen-bond acceptors (Lipinski definition) is 2. The third-order valence-electron chi connectivity index (χ3n) is 3.59. The summed E-state index contributed by atoms with van der Waals surface area (Å²) in [5, 5.41) is 0. The van der Waals surface area contributed by atoms with E-state index in [2.05, 4.69) is 0 Å². The first kappa shape index (κ1) is 9.76. The Morgan fingerprint density at radius 1 is 1.31 bits per heavy atom. The number of hydrogen-bond donors (Lipinski definition) is 0. The van der Waals surface area contributed by atoms with Gasteiger partial charge in [-0.25, -0.2) is 0 Å². The summed E-state index contributed by atoms with van der Waals surface area (Å²) in [6.45, 7) is 1.98. The molecule has 2 aliphatic rings. The normalized spacial score (nSPS) is 23.3. The van der Waals surface area contributed by atoms with Crippen LogP contribution < -0.4 is 0 Å². The van der Waals surface area contributed by atoms with Crippen molar-refractivity contribution < 1.29 is 9.59 Å². The molecule has 2 aliphatic carbocycles. The van der Waals surface area contributed by atoms with Gasteiger partial charge < -0.3 is 0 Å². The fourth-order valence-electron chi connectivity index (χ4n) is 2.48. The molecule has 1 aromatic rings. The molecule has 0 spiro atoms. The number of rotatable bonds is 2. The Morgan fingerprint density at radius 2 is 2.06 bits per heavy atom. The Kier molecular flexibility index (Phi) is 2.00. The maximum absolute atomic E-state index is 12.1. The van der Waals surface area contributed by atoms with Crippen LogP contribution in [0.25, 0.3) is 0 Å². The van der Waals surface area contributed by atoms with Crippen LogP contribution in [0.4, 0.5) is 0 Å². The van der Waals surface area contributed by atoms with E-state index in [4.69, 9.17) is 0 Å². The van der Waals surface area contributed by atoms with E-state index in [9.17, 15) is 9.59 Å². The summed E-state index contributed by atoms with van der Waals surface area (Å²) in [5.41, 5.74) is 2.92. The largest absolute Gasteiger partial charge is 0.299 e. The van der Waals surface area contributed by atoms with E-state index in [0.717, 1.165) is 29.5 Å². The molecule has 0 N–H and O–H groups in total. The Morgan fingerprint density at radius 3 is 2.75 bits per heavy atom. The molecule has 0 bridgehead atoms. The molecule has 16 heavy (non-hydrogen) atoms. The van der Waals surface area contributed by atoms with Gasteiger partial charge in [0.25, 0.3) is 0 Å². The number of carbonyl (C=O) groups excluding carboxylic acids is 2. The van der Waals surface area contributed by atoms with Crippen molar-refractivity contribution in [1.82, 2.24) is 0 Å². The van der Waals surface area contributed by atoms with Crippen LogP contribution in [0, 0.1) is 18.8 Å². The molecule has 1 unspecified atom stereocenters. The molecule has 0 amide bonds. The van der Waals surface area contributed by atoms with E-state index >= 15 is 0 Å². The van der Waals surface area contributed by atoms with Crippen LogP contribution in [-0.4, -0.2) is 11.6 Å². The molecule has 0 saturated heterocycles. The maximum Gasteiger partial charge on any atom is 0.173 e. The first-order chi connectivity index (χ1) is 7.66. The first-order valence-electron chi connectivity index (χ1n) is 5.84. The van der Waals surface area contributed by atoms with Gasteiger partial charge in [0, 0.05) is 11.5 Å². The van der Waals surface area contributed by atoms with Crippen molar-refractivity contribution in [2.24, 2.45) is 11.8 Å². The molecule has 0 aromatic heterocycles. The molecule has 1 saturated carbocycles. The van der Waals surface area contributed by atoms with Crippen molar-refractivity contribution in [3.05, 3.63) is 34.9 Å². The lowest BCUT2D eigenvalue weighted by molar-refractivity contribution is -0.122.